The van der Waals surface area contributed by atoms with Gasteiger partial charge in [-0.1, -0.05) is 30.3 Å². The Balaban J connectivity index is 1.93. The molecule has 29 heavy (non-hydrogen) atoms. The number of amides is 2. The Morgan fingerprint density at radius 1 is 0.966 bits per heavy atom. The number of benzene rings is 2. The number of rotatable bonds is 9. The largest absolute Gasteiger partial charge is 0.493 e. The van der Waals surface area contributed by atoms with Gasteiger partial charge in [0.1, 0.15) is 0 Å². The zero-order valence-corrected chi connectivity index (χ0v) is 16.9. The Hall–Kier alpha value is -3.55. The molecule has 2 rings (SSSR count). The minimum absolute atomic E-state index is 0.225. The van der Waals surface area contributed by atoms with E-state index in [1.807, 2.05) is 37.3 Å². The first-order valence-electron chi connectivity index (χ1n) is 8.92. The number of hydrogen-bond donors (Lipinski definition) is 2. The van der Waals surface area contributed by atoms with E-state index in [1.165, 1.54) is 33.5 Å². The van der Waals surface area contributed by atoms with Gasteiger partial charge in [0.2, 0.25) is 5.75 Å². The molecule has 0 unspecified atom stereocenters. The summed E-state index contributed by atoms with van der Waals surface area (Å²) in [6.45, 7) is 1.60. The van der Waals surface area contributed by atoms with E-state index >= 15 is 0 Å². The van der Waals surface area contributed by atoms with Gasteiger partial charge < -0.3 is 19.5 Å². The van der Waals surface area contributed by atoms with Gasteiger partial charge in [0.05, 0.1) is 27.9 Å². The maximum Gasteiger partial charge on any atom is 0.259 e. The topological polar surface area (TPSA) is 98.2 Å². The van der Waals surface area contributed by atoms with Crippen molar-refractivity contribution in [1.29, 1.82) is 0 Å². The summed E-state index contributed by atoms with van der Waals surface area (Å²) < 4.78 is 15.7. The van der Waals surface area contributed by atoms with E-state index in [1.54, 1.807) is 0 Å². The predicted molar refractivity (Wildman–Crippen MR) is 110 cm³/mol. The van der Waals surface area contributed by atoms with Crippen LogP contribution in [0.4, 0.5) is 0 Å². The zero-order chi connectivity index (χ0) is 21.2. The second kappa shape index (κ2) is 10.7. The summed E-state index contributed by atoms with van der Waals surface area (Å²) in [6, 6.07) is 12.8. The fourth-order valence-electron chi connectivity index (χ4n) is 2.60. The smallest absolute Gasteiger partial charge is 0.259 e. The average molecular weight is 399 g/mol. The van der Waals surface area contributed by atoms with E-state index in [0.717, 1.165) is 11.3 Å². The minimum Gasteiger partial charge on any atom is -0.493 e. The molecule has 0 saturated heterocycles. The molecule has 0 fully saturated rings. The fourth-order valence-corrected chi connectivity index (χ4v) is 2.60. The van der Waals surface area contributed by atoms with Crippen LogP contribution in [0.2, 0.25) is 0 Å². The van der Waals surface area contributed by atoms with Gasteiger partial charge in [0.15, 0.2) is 11.5 Å². The highest BCUT2D eigenvalue weighted by molar-refractivity contribution is 5.97. The number of hydrazone groups is 1. The van der Waals surface area contributed by atoms with Crippen molar-refractivity contribution in [1.82, 2.24) is 10.7 Å². The van der Waals surface area contributed by atoms with Crippen LogP contribution in [0.3, 0.4) is 0 Å². The van der Waals surface area contributed by atoms with Crippen molar-refractivity contribution in [3.05, 3.63) is 53.6 Å². The predicted octanol–water partition coefficient (Wildman–Crippen LogP) is 2.18. The van der Waals surface area contributed by atoms with Gasteiger partial charge in [-0.05, 0) is 24.6 Å². The van der Waals surface area contributed by atoms with Crippen LogP contribution in [0.25, 0.3) is 0 Å². The molecule has 0 aliphatic rings. The van der Waals surface area contributed by atoms with Crippen molar-refractivity contribution in [3.63, 3.8) is 0 Å². The molecule has 8 heteroatoms. The van der Waals surface area contributed by atoms with Crippen LogP contribution in [0.5, 0.6) is 17.2 Å². The third-order valence-electron chi connectivity index (χ3n) is 4.01. The highest BCUT2D eigenvalue weighted by Gasteiger charge is 2.17. The van der Waals surface area contributed by atoms with Crippen molar-refractivity contribution in [2.24, 2.45) is 5.10 Å². The van der Waals surface area contributed by atoms with Crippen LogP contribution in [-0.2, 0) is 11.2 Å². The first-order valence-corrected chi connectivity index (χ1v) is 8.92. The van der Waals surface area contributed by atoms with E-state index in [-0.39, 0.29) is 12.1 Å². The van der Waals surface area contributed by atoms with Crippen molar-refractivity contribution < 1.29 is 23.8 Å². The molecule has 0 aromatic heterocycles. The minimum atomic E-state index is -0.454. The second-order valence-corrected chi connectivity index (χ2v) is 6.14. The highest BCUT2D eigenvalue weighted by Crippen LogP contribution is 2.38. The van der Waals surface area contributed by atoms with Crippen molar-refractivity contribution in [2.45, 2.75) is 13.3 Å². The Bertz CT molecular complexity index is 856. The van der Waals surface area contributed by atoms with Gasteiger partial charge >= 0.3 is 0 Å². The molecule has 0 heterocycles. The van der Waals surface area contributed by atoms with Gasteiger partial charge in [-0.2, -0.15) is 5.10 Å². The fraction of sp³-hybridized carbons (Fsp3) is 0.286. The average Bonchev–Trinajstić information content (AvgIpc) is 2.75. The lowest BCUT2D eigenvalue weighted by atomic mass is 10.1. The molecule has 0 spiro atoms. The summed E-state index contributed by atoms with van der Waals surface area (Å²) in [5.41, 5.74) is 4.56. The summed E-state index contributed by atoms with van der Waals surface area (Å²) in [4.78, 5) is 24.4. The van der Waals surface area contributed by atoms with Crippen molar-refractivity contribution in [2.75, 3.05) is 27.9 Å². The molecule has 0 aliphatic heterocycles. The lowest BCUT2D eigenvalue weighted by molar-refractivity contribution is -0.120. The van der Waals surface area contributed by atoms with Crippen LogP contribution < -0.4 is 25.0 Å². The molecule has 0 radical (unpaired) electrons. The Kier molecular flexibility index (Phi) is 8.02. The number of methoxy groups -OCH3 is 3. The number of carbonyl (C=O) groups excluding carboxylic acids is 2. The second-order valence-electron chi connectivity index (χ2n) is 6.14. The molecule has 2 N–H and O–H groups in total. The summed E-state index contributed by atoms with van der Waals surface area (Å²) in [6.07, 6.45) is 0.624. The van der Waals surface area contributed by atoms with E-state index in [4.69, 9.17) is 14.2 Å². The van der Waals surface area contributed by atoms with Crippen LogP contribution >= 0.6 is 0 Å². The lowest BCUT2D eigenvalue weighted by Gasteiger charge is -2.14. The number of nitrogens with one attached hydrogen (secondary N) is 2. The third kappa shape index (κ3) is 6.24. The zero-order valence-electron chi connectivity index (χ0n) is 16.9. The van der Waals surface area contributed by atoms with Crippen LogP contribution in [0.1, 0.15) is 22.8 Å². The normalized spacial score (nSPS) is 10.8. The van der Waals surface area contributed by atoms with E-state index < -0.39 is 11.8 Å². The van der Waals surface area contributed by atoms with Crippen LogP contribution in [0, 0.1) is 0 Å². The Morgan fingerprint density at radius 2 is 1.59 bits per heavy atom. The molecule has 8 nitrogen and oxygen atoms in total. The molecule has 0 saturated carbocycles. The summed E-state index contributed by atoms with van der Waals surface area (Å²) in [5.74, 6) is 0.195. The lowest BCUT2D eigenvalue weighted by Crippen LogP contribution is -2.35. The van der Waals surface area contributed by atoms with E-state index in [2.05, 4.69) is 15.8 Å². The maximum absolute atomic E-state index is 12.4. The number of hydrogen-bond acceptors (Lipinski definition) is 6. The number of ether oxygens (including phenoxy) is 3. The van der Waals surface area contributed by atoms with E-state index in [0.29, 0.717) is 23.7 Å². The number of carbonyl (C=O) groups is 2. The Labute approximate surface area is 169 Å². The summed E-state index contributed by atoms with van der Waals surface area (Å²) in [7, 11) is 4.40. The third-order valence-corrected chi connectivity index (χ3v) is 4.01. The van der Waals surface area contributed by atoms with Gasteiger partial charge in [-0.15, -0.1) is 0 Å². The van der Waals surface area contributed by atoms with Crippen molar-refractivity contribution in [3.8, 4) is 17.2 Å². The molecule has 2 aromatic carbocycles. The SMILES string of the molecule is COc1cc(C(=O)NCC(=O)N/N=C(/C)Cc2ccccc2)cc(OC)c1OC. The van der Waals surface area contributed by atoms with Gasteiger partial charge in [0, 0.05) is 17.7 Å². The standard InChI is InChI=1S/C21H25N3O5/c1-14(10-15-8-6-5-7-9-15)23-24-19(25)13-22-21(26)16-11-17(27-2)20(29-4)18(12-16)28-3/h5-9,11-12H,10,13H2,1-4H3,(H,22,26)(H,24,25)/b23-14-. The molecule has 154 valence electrons. The monoisotopic (exact) mass is 399 g/mol. The van der Waals surface area contributed by atoms with E-state index in [9.17, 15) is 9.59 Å². The summed E-state index contributed by atoms with van der Waals surface area (Å²) >= 11 is 0. The first kappa shape index (κ1) is 21.7. The molecule has 0 aliphatic carbocycles. The van der Waals surface area contributed by atoms with Crippen LogP contribution in [-0.4, -0.2) is 45.4 Å². The Morgan fingerprint density at radius 3 is 2.14 bits per heavy atom. The van der Waals surface area contributed by atoms with Crippen LogP contribution in [0.15, 0.2) is 47.6 Å². The quantitative estimate of drug-likeness (QED) is 0.497. The summed E-state index contributed by atoms with van der Waals surface area (Å²) in [5, 5.41) is 6.60. The van der Waals surface area contributed by atoms with Gasteiger partial charge in [0.25, 0.3) is 11.8 Å². The highest BCUT2D eigenvalue weighted by atomic mass is 16.5. The molecular weight excluding hydrogens is 374 g/mol. The van der Waals surface area contributed by atoms with Crippen molar-refractivity contribution >= 4 is 17.5 Å². The molecule has 2 amide bonds. The molecule has 2 aromatic rings. The maximum atomic E-state index is 12.4. The molecule has 0 atom stereocenters. The van der Waals surface area contributed by atoms with Gasteiger partial charge in [-0.25, -0.2) is 5.43 Å². The number of nitrogens with zero attached hydrogens (tertiary/aromatic N) is 1. The molecule has 0 bridgehead atoms. The first-order chi connectivity index (χ1) is 14.0. The molecular formula is C21H25N3O5. The van der Waals surface area contributed by atoms with Gasteiger partial charge in [-0.3, -0.25) is 9.59 Å².